The zero-order valence-electron chi connectivity index (χ0n) is 13.1. The van der Waals surface area contributed by atoms with Crippen molar-refractivity contribution in [1.29, 1.82) is 0 Å². The molecule has 1 unspecified atom stereocenters. The number of halogens is 3. The number of aliphatic imine (C=N–C) groups is 1. The summed E-state index contributed by atoms with van der Waals surface area (Å²) in [5.41, 5.74) is 0. The van der Waals surface area contributed by atoms with E-state index in [0.29, 0.717) is 30.6 Å². The van der Waals surface area contributed by atoms with E-state index in [1.807, 2.05) is 11.8 Å². The molecule has 128 valence electrons. The summed E-state index contributed by atoms with van der Waals surface area (Å²) in [4.78, 5) is 4.19. The van der Waals surface area contributed by atoms with Crippen molar-refractivity contribution in [3.63, 3.8) is 0 Å². The summed E-state index contributed by atoms with van der Waals surface area (Å²) in [6.45, 7) is 1.62. The van der Waals surface area contributed by atoms with Crippen LogP contribution in [0.1, 0.15) is 38.5 Å². The molecule has 1 aliphatic carbocycles. The first-order valence-electron chi connectivity index (χ1n) is 8.12. The fraction of sp³-hybridized carbons (Fsp3) is 0.933. The summed E-state index contributed by atoms with van der Waals surface area (Å²) in [6.07, 6.45) is 0.330. The maximum absolute atomic E-state index is 12.6. The lowest BCUT2D eigenvalue weighted by molar-refractivity contribution is -0.183. The van der Waals surface area contributed by atoms with Crippen LogP contribution in [0.4, 0.5) is 13.2 Å². The van der Waals surface area contributed by atoms with Crippen LogP contribution in [-0.4, -0.2) is 43.3 Å². The van der Waals surface area contributed by atoms with Gasteiger partial charge in [0.25, 0.3) is 0 Å². The van der Waals surface area contributed by atoms with E-state index < -0.39 is 12.1 Å². The van der Waals surface area contributed by atoms with Gasteiger partial charge in [-0.25, -0.2) is 0 Å². The van der Waals surface area contributed by atoms with Crippen LogP contribution in [0.2, 0.25) is 0 Å². The molecule has 22 heavy (non-hydrogen) atoms. The first-order valence-corrected chi connectivity index (χ1v) is 9.16. The fourth-order valence-corrected chi connectivity index (χ4v) is 4.37. The number of thioether (sulfide) groups is 1. The first-order chi connectivity index (χ1) is 10.5. The van der Waals surface area contributed by atoms with Crippen LogP contribution in [-0.2, 0) is 0 Å². The van der Waals surface area contributed by atoms with Crippen LogP contribution >= 0.6 is 11.8 Å². The Bertz CT molecular complexity index is 360. The predicted molar refractivity (Wildman–Crippen MR) is 86.3 cm³/mol. The molecule has 1 saturated heterocycles. The lowest BCUT2D eigenvalue weighted by Crippen LogP contribution is -2.42. The van der Waals surface area contributed by atoms with Crippen molar-refractivity contribution >= 4 is 17.7 Å². The zero-order chi connectivity index (χ0) is 16.0. The highest BCUT2D eigenvalue weighted by atomic mass is 32.2. The molecule has 0 spiro atoms. The molecule has 0 radical (unpaired) electrons. The highest BCUT2D eigenvalue weighted by Crippen LogP contribution is 2.39. The molecule has 1 atom stereocenters. The van der Waals surface area contributed by atoms with E-state index in [4.69, 9.17) is 0 Å². The van der Waals surface area contributed by atoms with Gasteiger partial charge in [-0.15, -0.1) is 0 Å². The smallest absolute Gasteiger partial charge is 0.356 e. The second-order valence-electron chi connectivity index (χ2n) is 6.23. The SMILES string of the molecule is CN=C(NCC1CCC(C(F)(F)F)CC1)NCC1CCCS1. The minimum Gasteiger partial charge on any atom is -0.356 e. The highest BCUT2D eigenvalue weighted by Gasteiger charge is 2.41. The lowest BCUT2D eigenvalue weighted by atomic mass is 9.81. The van der Waals surface area contributed by atoms with E-state index in [2.05, 4.69) is 15.6 Å². The van der Waals surface area contributed by atoms with E-state index in [0.717, 1.165) is 12.5 Å². The molecular weight excluding hydrogens is 311 g/mol. The Morgan fingerprint density at radius 1 is 1.09 bits per heavy atom. The Hall–Kier alpha value is -0.590. The van der Waals surface area contributed by atoms with Gasteiger partial charge in [0, 0.05) is 25.4 Å². The standard InChI is InChI=1S/C15H26F3N3S/c1-19-14(21-10-13-3-2-8-22-13)20-9-11-4-6-12(7-5-11)15(16,17)18/h11-13H,2-10H2,1H3,(H2,19,20,21). The largest absolute Gasteiger partial charge is 0.391 e. The van der Waals surface area contributed by atoms with E-state index in [1.165, 1.54) is 18.6 Å². The summed E-state index contributed by atoms with van der Waals surface area (Å²) in [5.74, 6) is 1.23. The molecule has 2 fully saturated rings. The second kappa shape index (κ2) is 8.31. The third-order valence-electron chi connectivity index (χ3n) is 4.61. The van der Waals surface area contributed by atoms with Crippen molar-refractivity contribution in [3.05, 3.63) is 0 Å². The van der Waals surface area contributed by atoms with Crippen LogP contribution in [0.5, 0.6) is 0 Å². The third-order valence-corrected chi connectivity index (χ3v) is 6.01. The van der Waals surface area contributed by atoms with Crippen molar-refractivity contribution in [2.45, 2.75) is 50.0 Å². The van der Waals surface area contributed by atoms with Gasteiger partial charge in [0.05, 0.1) is 5.92 Å². The Kier molecular flexibility index (Phi) is 6.71. The van der Waals surface area contributed by atoms with E-state index in [-0.39, 0.29) is 12.8 Å². The van der Waals surface area contributed by atoms with E-state index in [1.54, 1.807) is 7.05 Å². The fourth-order valence-electron chi connectivity index (χ4n) is 3.17. The van der Waals surface area contributed by atoms with Crippen LogP contribution in [0, 0.1) is 11.8 Å². The molecule has 7 heteroatoms. The number of rotatable bonds is 4. The molecule has 0 aromatic carbocycles. The molecule has 1 heterocycles. The van der Waals surface area contributed by atoms with Gasteiger partial charge in [0.15, 0.2) is 5.96 Å². The minimum absolute atomic E-state index is 0.264. The molecule has 1 aliphatic heterocycles. The van der Waals surface area contributed by atoms with Crippen molar-refractivity contribution in [1.82, 2.24) is 10.6 Å². The summed E-state index contributed by atoms with van der Waals surface area (Å²) >= 11 is 1.99. The predicted octanol–water partition coefficient (Wildman–Crippen LogP) is 3.42. The second-order valence-corrected chi connectivity index (χ2v) is 7.64. The number of guanidine groups is 1. The van der Waals surface area contributed by atoms with Crippen molar-refractivity contribution in [2.24, 2.45) is 16.8 Å². The maximum atomic E-state index is 12.6. The monoisotopic (exact) mass is 337 g/mol. The topological polar surface area (TPSA) is 36.4 Å². The highest BCUT2D eigenvalue weighted by molar-refractivity contribution is 8.00. The number of hydrogen-bond donors (Lipinski definition) is 2. The van der Waals surface area contributed by atoms with Crippen LogP contribution in [0.25, 0.3) is 0 Å². The summed E-state index contributed by atoms with van der Waals surface area (Å²) < 4.78 is 37.9. The van der Waals surface area contributed by atoms with E-state index in [9.17, 15) is 13.2 Å². The maximum Gasteiger partial charge on any atom is 0.391 e. The normalized spacial score (nSPS) is 30.4. The molecular formula is C15H26F3N3S. The average Bonchev–Trinajstić information content (AvgIpc) is 3.00. The summed E-state index contributed by atoms with van der Waals surface area (Å²) in [6, 6.07) is 0. The van der Waals surface area contributed by atoms with Crippen LogP contribution < -0.4 is 10.6 Å². The number of alkyl halides is 3. The average molecular weight is 337 g/mol. The van der Waals surface area contributed by atoms with Crippen molar-refractivity contribution in [2.75, 3.05) is 25.9 Å². The first kappa shape index (κ1) is 17.8. The molecule has 0 aromatic rings. The zero-order valence-corrected chi connectivity index (χ0v) is 13.9. The van der Waals surface area contributed by atoms with Gasteiger partial charge >= 0.3 is 6.18 Å². The number of hydrogen-bond acceptors (Lipinski definition) is 2. The molecule has 0 aromatic heterocycles. The van der Waals surface area contributed by atoms with Gasteiger partial charge in [-0.1, -0.05) is 0 Å². The molecule has 3 nitrogen and oxygen atoms in total. The minimum atomic E-state index is -4.02. The molecule has 2 N–H and O–H groups in total. The summed E-state index contributed by atoms with van der Waals surface area (Å²) in [5, 5.41) is 7.24. The molecule has 0 amide bonds. The van der Waals surface area contributed by atoms with Gasteiger partial charge < -0.3 is 10.6 Å². The van der Waals surface area contributed by atoms with Crippen LogP contribution in [0.15, 0.2) is 4.99 Å². The summed E-state index contributed by atoms with van der Waals surface area (Å²) in [7, 11) is 1.73. The molecule has 1 saturated carbocycles. The van der Waals surface area contributed by atoms with Gasteiger partial charge in [-0.05, 0) is 50.2 Å². The number of nitrogens with zero attached hydrogens (tertiary/aromatic N) is 1. The van der Waals surface area contributed by atoms with Crippen molar-refractivity contribution in [3.8, 4) is 0 Å². The van der Waals surface area contributed by atoms with Gasteiger partial charge in [-0.2, -0.15) is 24.9 Å². The Morgan fingerprint density at radius 2 is 1.77 bits per heavy atom. The third kappa shape index (κ3) is 5.56. The lowest BCUT2D eigenvalue weighted by Gasteiger charge is -2.30. The van der Waals surface area contributed by atoms with Gasteiger partial charge in [-0.3, -0.25) is 4.99 Å². The van der Waals surface area contributed by atoms with Crippen molar-refractivity contribution < 1.29 is 13.2 Å². The Balaban J connectivity index is 1.64. The van der Waals surface area contributed by atoms with Gasteiger partial charge in [0.1, 0.15) is 0 Å². The molecule has 2 aliphatic rings. The Labute approximate surface area is 134 Å². The number of nitrogens with one attached hydrogen (secondary N) is 2. The molecule has 0 bridgehead atoms. The van der Waals surface area contributed by atoms with E-state index >= 15 is 0 Å². The Morgan fingerprint density at radius 3 is 2.32 bits per heavy atom. The van der Waals surface area contributed by atoms with Gasteiger partial charge in [0.2, 0.25) is 0 Å². The molecule has 2 rings (SSSR count). The van der Waals surface area contributed by atoms with Crippen LogP contribution in [0.3, 0.4) is 0 Å². The quantitative estimate of drug-likeness (QED) is 0.610.